The van der Waals surface area contributed by atoms with Crippen molar-refractivity contribution in [1.82, 2.24) is 5.32 Å². The molecule has 18 heavy (non-hydrogen) atoms. The average molecular weight is 249 g/mol. The Morgan fingerprint density at radius 3 is 2.61 bits per heavy atom. The Bertz CT molecular complexity index is 354. The molecule has 0 aliphatic carbocycles. The molecule has 0 aliphatic rings. The van der Waals surface area contributed by atoms with E-state index >= 15 is 0 Å². The molecule has 0 bridgehead atoms. The maximum absolute atomic E-state index is 5.25. The summed E-state index contributed by atoms with van der Waals surface area (Å²) in [7, 11) is 1.72. The zero-order chi connectivity index (χ0) is 13.6. The molecule has 1 unspecified atom stereocenters. The molecule has 2 heteroatoms. The van der Waals surface area contributed by atoms with Crippen LogP contribution in [0, 0.1) is 5.92 Å². The molecule has 0 amide bonds. The van der Waals surface area contributed by atoms with Crippen molar-refractivity contribution in [3.8, 4) is 5.75 Å². The molecular formula is C16H27NO. The fraction of sp³-hybridized carbons (Fsp3) is 0.625. The first-order valence-corrected chi connectivity index (χ1v) is 6.78. The predicted molar refractivity (Wildman–Crippen MR) is 78.2 cm³/mol. The minimum absolute atomic E-state index is 0.218. The summed E-state index contributed by atoms with van der Waals surface area (Å²) < 4.78 is 5.25. The number of rotatable bonds is 6. The van der Waals surface area contributed by atoms with Crippen molar-refractivity contribution in [3.63, 3.8) is 0 Å². The van der Waals surface area contributed by atoms with E-state index in [0.717, 1.165) is 18.7 Å². The lowest BCUT2D eigenvalue weighted by molar-refractivity contribution is 0.393. The molecule has 1 N–H and O–H groups in total. The summed E-state index contributed by atoms with van der Waals surface area (Å²) in [4.78, 5) is 0. The molecule has 0 radical (unpaired) electrons. The smallest absolute Gasteiger partial charge is 0.119 e. The van der Waals surface area contributed by atoms with Crippen LogP contribution in [-0.4, -0.2) is 19.2 Å². The van der Waals surface area contributed by atoms with Crippen molar-refractivity contribution in [2.24, 2.45) is 5.92 Å². The first kappa shape index (κ1) is 15.0. The third-order valence-corrected chi connectivity index (χ3v) is 3.01. The number of ether oxygens (including phenoxy) is 1. The van der Waals surface area contributed by atoms with Crippen molar-refractivity contribution < 1.29 is 4.74 Å². The summed E-state index contributed by atoms with van der Waals surface area (Å²) in [6.07, 6.45) is 2.32. The summed E-state index contributed by atoms with van der Waals surface area (Å²) in [6, 6.07) is 8.37. The van der Waals surface area contributed by atoms with Crippen LogP contribution in [0.4, 0.5) is 0 Å². The second kappa shape index (κ2) is 6.79. The van der Waals surface area contributed by atoms with Crippen LogP contribution >= 0.6 is 0 Å². The third-order valence-electron chi connectivity index (χ3n) is 3.01. The van der Waals surface area contributed by atoms with Gasteiger partial charge in [-0.15, -0.1) is 0 Å². The molecular weight excluding hydrogens is 222 g/mol. The van der Waals surface area contributed by atoms with Crippen LogP contribution in [0.1, 0.15) is 39.7 Å². The van der Waals surface area contributed by atoms with E-state index in [1.807, 2.05) is 6.07 Å². The molecule has 0 spiro atoms. The van der Waals surface area contributed by atoms with Crippen LogP contribution in [0.2, 0.25) is 0 Å². The maximum Gasteiger partial charge on any atom is 0.119 e. The molecule has 0 saturated heterocycles. The van der Waals surface area contributed by atoms with Crippen LogP contribution in [0.3, 0.4) is 0 Å². The largest absolute Gasteiger partial charge is 0.497 e. The highest BCUT2D eigenvalue weighted by atomic mass is 16.5. The molecule has 0 heterocycles. The summed E-state index contributed by atoms with van der Waals surface area (Å²) in [6.45, 7) is 10.0. The molecule has 0 aromatic heterocycles. The van der Waals surface area contributed by atoms with Gasteiger partial charge in [-0.1, -0.05) is 19.1 Å². The van der Waals surface area contributed by atoms with Gasteiger partial charge in [0.05, 0.1) is 7.11 Å². The van der Waals surface area contributed by atoms with E-state index in [2.05, 4.69) is 51.2 Å². The zero-order valence-corrected chi connectivity index (χ0v) is 12.4. The van der Waals surface area contributed by atoms with E-state index < -0.39 is 0 Å². The van der Waals surface area contributed by atoms with Gasteiger partial charge < -0.3 is 10.1 Å². The van der Waals surface area contributed by atoms with Crippen LogP contribution in [0.25, 0.3) is 0 Å². The van der Waals surface area contributed by atoms with Crippen molar-refractivity contribution >= 4 is 0 Å². The van der Waals surface area contributed by atoms with E-state index in [0.29, 0.717) is 5.92 Å². The number of benzene rings is 1. The van der Waals surface area contributed by atoms with Gasteiger partial charge in [-0.05, 0) is 63.8 Å². The van der Waals surface area contributed by atoms with Gasteiger partial charge in [0.25, 0.3) is 0 Å². The molecule has 1 atom stereocenters. The first-order chi connectivity index (χ1) is 8.40. The van der Waals surface area contributed by atoms with E-state index in [9.17, 15) is 0 Å². The van der Waals surface area contributed by atoms with E-state index in [-0.39, 0.29) is 5.54 Å². The summed E-state index contributed by atoms with van der Waals surface area (Å²) >= 11 is 0. The number of nitrogens with one attached hydrogen (secondary N) is 1. The van der Waals surface area contributed by atoms with Gasteiger partial charge in [0, 0.05) is 5.54 Å². The standard InChI is InChI=1S/C16H27NO/c1-13(9-10-17-16(2,3)4)11-14-7-6-8-15(12-14)18-5/h6-8,12-13,17H,9-11H2,1-5H3. The molecule has 102 valence electrons. The Morgan fingerprint density at radius 1 is 1.28 bits per heavy atom. The predicted octanol–water partition coefficient (Wildman–Crippen LogP) is 3.65. The van der Waals surface area contributed by atoms with Crippen molar-refractivity contribution in [3.05, 3.63) is 29.8 Å². The second-order valence-corrected chi connectivity index (χ2v) is 6.13. The van der Waals surface area contributed by atoms with E-state index in [1.165, 1.54) is 12.0 Å². The van der Waals surface area contributed by atoms with Gasteiger partial charge in [-0.2, -0.15) is 0 Å². The number of hydrogen-bond acceptors (Lipinski definition) is 2. The lowest BCUT2D eigenvalue weighted by atomic mass is 9.97. The van der Waals surface area contributed by atoms with Gasteiger partial charge in [-0.3, -0.25) is 0 Å². The minimum atomic E-state index is 0.218. The normalized spacial score (nSPS) is 13.4. The minimum Gasteiger partial charge on any atom is -0.497 e. The molecule has 1 aromatic rings. The zero-order valence-electron chi connectivity index (χ0n) is 12.4. The summed E-state index contributed by atoms with van der Waals surface area (Å²) in [5.74, 6) is 1.64. The molecule has 1 aromatic carbocycles. The monoisotopic (exact) mass is 249 g/mol. The van der Waals surface area contributed by atoms with Crippen LogP contribution in [-0.2, 0) is 6.42 Å². The van der Waals surface area contributed by atoms with E-state index in [1.54, 1.807) is 7.11 Å². The van der Waals surface area contributed by atoms with Crippen molar-refractivity contribution in [1.29, 1.82) is 0 Å². The van der Waals surface area contributed by atoms with Gasteiger partial charge in [0.15, 0.2) is 0 Å². The third kappa shape index (κ3) is 6.06. The summed E-state index contributed by atoms with van der Waals surface area (Å²) in [5.41, 5.74) is 1.58. The fourth-order valence-corrected chi connectivity index (χ4v) is 2.00. The van der Waals surface area contributed by atoms with Crippen LogP contribution in [0.15, 0.2) is 24.3 Å². The van der Waals surface area contributed by atoms with Crippen LogP contribution < -0.4 is 10.1 Å². The number of methoxy groups -OCH3 is 1. The molecule has 2 nitrogen and oxygen atoms in total. The Hall–Kier alpha value is -1.02. The SMILES string of the molecule is COc1cccc(CC(C)CCNC(C)(C)C)c1. The Morgan fingerprint density at radius 2 is 2.00 bits per heavy atom. The first-order valence-electron chi connectivity index (χ1n) is 6.78. The molecule has 0 fully saturated rings. The maximum atomic E-state index is 5.25. The summed E-state index contributed by atoms with van der Waals surface area (Å²) in [5, 5.41) is 3.54. The average Bonchev–Trinajstić information content (AvgIpc) is 2.27. The van der Waals surface area contributed by atoms with Crippen molar-refractivity contribution in [2.75, 3.05) is 13.7 Å². The van der Waals surface area contributed by atoms with Crippen molar-refractivity contribution in [2.45, 2.75) is 46.1 Å². The topological polar surface area (TPSA) is 21.3 Å². The Balaban J connectivity index is 2.37. The highest BCUT2D eigenvalue weighted by Gasteiger charge is 2.10. The van der Waals surface area contributed by atoms with Gasteiger partial charge in [0.2, 0.25) is 0 Å². The number of hydrogen-bond donors (Lipinski definition) is 1. The van der Waals surface area contributed by atoms with Gasteiger partial charge in [-0.25, -0.2) is 0 Å². The van der Waals surface area contributed by atoms with Gasteiger partial charge >= 0.3 is 0 Å². The van der Waals surface area contributed by atoms with Gasteiger partial charge in [0.1, 0.15) is 5.75 Å². The lowest BCUT2D eigenvalue weighted by Gasteiger charge is -2.22. The molecule has 1 rings (SSSR count). The Kier molecular flexibility index (Phi) is 5.67. The van der Waals surface area contributed by atoms with E-state index in [4.69, 9.17) is 4.74 Å². The highest BCUT2D eigenvalue weighted by Crippen LogP contribution is 2.17. The molecule has 0 aliphatic heterocycles. The quantitative estimate of drug-likeness (QED) is 0.831. The molecule has 0 saturated carbocycles. The lowest BCUT2D eigenvalue weighted by Crippen LogP contribution is -2.37. The van der Waals surface area contributed by atoms with Crippen LogP contribution in [0.5, 0.6) is 5.75 Å². The Labute approximate surface area is 112 Å². The fourth-order valence-electron chi connectivity index (χ4n) is 2.00. The highest BCUT2D eigenvalue weighted by molar-refractivity contribution is 5.28. The second-order valence-electron chi connectivity index (χ2n) is 6.13.